The number of ketones is 1. The van der Waals surface area contributed by atoms with Gasteiger partial charge in [0, 0.05) is 24.0 Å². The molecule has 0 aromatic heterocycles. The zero-order chi connectivity index (χ0) is 18.8. The van der Waals surface area contributed by atoms with Crippen molar-refractivity contribution in [1.29, 1.82) is 0 Å². The Kier molecular flexibility index (Phi) is 7.79. The molecule has 0 radical (unpaired) electrons. The van der Waals surface area contributed by atoms with E-state index in [0.29, 0.717) is 0 Å². The van der Waals surface area contributed by atoms with Gasteiger partial charge in [-0.15, -0.1) is 0 Å². The first kappa shape index (κ1) is 19.8. The Hall–Kier alpha value is -3.21. The first-order chi connectivity index (χ1) is 11.9. The van der Waals surface area contributed by atoms with Crippen molar-refractivity contribution >= 4 is 17.0 Å². The van der Waals surface area contributed by atoms with Crippen LogP contribution in [0.2, 0.25) is 0 Å². The van der Waals surface area contributed by atoms with Gasteiger partial charge in [-0.2, -0.15) is 0 Å². The molecule has 0 aliphatic rings. The zero-order valence-corrected chi connectivity index (χ0v) is 14.7. The molecule has 0 atom stereocenters. The molecule has 0 fully saturated rings. The predicted octanol–water partition coefficient (Wildman–Crippen LogP) is 4.71. The molecule has 0 spiro atoms. The second-order valence-electron chi connectivity index (χ2n) is 5.22. The van der Waals surface area contributed by atoms with Gasteiger partial charge in [-0.1, -0.05) is 24.8 Å². The normalized spacial score (nSPS) is 12.6. The minimum absolute atomic E-state index is 0.0411. The lowest BCUT2D eigenvalue weighted by Crippen LogP contribution is -2.07. The third-order valence-electron chi connectivity index (χ3n) is 3.28. The Labute approximate surface area is 147 Å². The molecule has 1 aromatic carbocycles. The second-order valence-corrected chi connectivity index (χ2v) is 5.22. The Morgan fingerprint density at radius 1 is 1.20 bits per heavy atom. The third-order valence-corrected chi connectivity index (χ3v) is 3.28. The van der Waals surface area contributed by atoms with Crippen molar-refractivity contribution in [2.24, 2.45) is 0 Å². The van der Waals surface area contributed by atoms with Crippen molar-refractivity contribution in [2.45, 2.75) is 20.8 Å². The Morgan fingerprint density at radius 2 is 1.84 bits per heavy atom. The molecule has 0 bridgehead atoms. The number of nitro benzene ring substituents is 1. The Balaban J connectivity index is 3.08. The maximum Gasteiger partial charge on any atom is 0.269 e. The number of nitrogens with zero attached hydrogens (tertiary/aromatic N) is 1. The van der Waals surface area contributed by atoms with Crippen molar-refractivity contribution in [3.05, 3.63) is 94.4 Å². The van der Waals surface area contributed by atoms with Crippen LogP contribution in [0.25, 0.3) is 5.57 Å². The fraction of sp³-hybridized carbons (Fsp3) is 0.150. The highest BCUT2D eigenvalue weighted by atomic mass is 16.6. The van der Waals surface area contributed by atoms with Crippen LogP contribution in [0.3, 0.4) is 0 Å². The lowest BCUT2D eigenvalue weighted by atomic mass is 10.0. The number of nitrogens with one attached hydrogen (secondary N) is 1. The van der Waals surface area contributed by atoms with Gasteiger partial charge in [-0.25, -0.2) is 0 Å². The van der Waals surface area contributed by atoms with E-state index < -0.39 is 4.92 Å². The average molecular weight is 338 g/mol. The van der Waals surface area contributed by atoms with E-state index in [4.69, 9.17) is 0 Å². The van der Waals surface area contributed by atoms with Gasteiger partial charge < -0.3 is 5.32 Å². The van der Waals surface area contributed by atoms with Crippen molar-refractivity contribution < 1.29 is 9.72 Å². The van der Waals surface area contributed by atoms with E-state index in [1.807, 2.05) is 38.2 Å². The minimum Gasteiger partial charge on any atom is -0.361 e. The van der Waals surface area contributed by atoms with E-state index in [0.717, 1.165) is 22.4 Å². The molecule has 0 saturated carbocycles. The molecule has 0 unspecified atom stereocenters. The van der Waals surface area contributed by atoms with Gasteiger partial charge in [0.2, 0.25) is 0 Å². The molecule has 0 saturated heterocycles. The fourth-order valence-electron chi connectivity index (χ4n) is 2.05. The number of carbonyl (C=O) groups is 1. The molecule has 1 N–H and O–H groups in total. The number of allylic oxidation sites excluding steroid dienone is 6. The smallest absolute Gasteiger partial charge is 0.269 e. The summed E-state index contributed by atoms with van der Waals surface area (Å²) < 4.78 is 0. The lowest BCUT2D eigenvalue weighted by molar-refractivity contribution is -0.384. The summed E-state index contributed by atoms with van der Waals surface area (Å²) in [6.07, 6.45) is 10.6. The molecule has 25 heavy (non-hydrogen) atoms. The molecule has 130 valence electrons. The molecule has 0 aliphatic heterocycles. The summed E-state index contributed by atoms with van der Waals surface area (Å²) in [4.78, 5) is 21.3. The van der Waals surface area contributed by atoms with Crippen molar-refractivity contribution in [1.82, 2.24) is 5.32 Å². The Bertz CT molecular complexity index is 767. The van der Waals surface area contributed by atoms with Crippen molar-refractivity contribution in [2.75, 3.05) is 0 Å². The number of non-ortho nitro benzene ring substituents is 1. The number of benzene rings is 1. The molecule has 5 heteroatoms. The van der Waals surface area contributed by atoms with Crippen LogP contribution in [-0.4, -0.2) is 10.7 Å². The maximum absolute atomic E-state index is 11.0. The minimum atomic E-state index is -0.434. The molecule has 0 amide bonds. The molecule has 0 aliphatic carbocycles. The highest BCUT2D eigenvalue weighted by Gasteiger charge is 2.06. The van der Waals surface area contributed by atoms with E-state index in [2.05, 4.69) is 11.9 Å². The number of hydrogen-bond donors (Lipinski definition) is 1. The van der Waals surface area contributed by atoms with Gasteiger partial charge in [-0.3, -0.25) is 14.9 Å². The van der Waals surface area contributed by atoms with Crippen LogP contribution in [0.15, 0.2) is 78.7 Å². The number of rotatable bonds is 8. The van der Waals surface area contributed by atoms with Crippen LogP contribution in [0, 0.1) is 10.1 Å². The maximum atomic E-state index is 11.0. The van der Waals surface area contributed by atoms with Crippen molar-refractivity contribution in [3.8, 4) is 0 Å². The van der Waals surface area contributed by atoms with Gasteiger partial charge in [0.25, 0.3) is 5.69 Å². The Morgan fingerprint density at radius 3 is 2.32 bits per heavy atom. The summed E-state index contributed by atoms with van der Waals surface area (Å²) in [5.41, 5.74) is 3.25. The van der Waals surface area contributed by atoms with Crippen LogP contribution < -0.4 is 5.32 Å². The fourth-order valence-corrected chi connectivity index (χ4v) is 2.05. The third kappa shape index (κ3) is 6.43. The van der Waals surface area contributed by atoms with E-state index >= 15 is 0 Å². The summed E-state index contributed by atoms with van der Waals surface area (Å²) in [5, 5.41) is 13.8. The molecule has 0 heterocycles. The summed E-state index contributed by atoms with van der Waals surface area (Å²) in [5.74, 6) is -0.0465. The highest BCUT2D eigenvalue weighted by Crippen LogP contribution is 2.21. The summed E-state index contributed by atoms with van der Waals surface area (Å²) >= 11 is 0. The first-order valence-electron chi connectivity index (χ1n) is 7.77. The van der Waals surface area contributed by atoms with Gasteiger partial charge in [0.05, 0.1) is 4.92 Å². The van der Waals surface area contributed by atoms with E-state index in [1.165, 1.54) is 25.1 Å². The molecule has 1 aromatic rings. The topological polar surface area (TPSA) is 72.2 Å². The lowest BCUT2D eigenvalue weighted by Gasteiger charge is -2.10. The van der Waals surface area contributed by atoms with E-state index in [-0.39, 0.29) is 11.5 Å². The largest absolute Gasteiger partial charge is 0.361 e. The van der Waals surface area contributed by atoms with Gasteiger partial charge >= 0.3 is 0 Å². The summed E-state index contributed by atoms with van der Waals surface area (Å²) in [6.45, 7) is 9.31. The zero-order valence-electron chi connectivity index (χ0n) is 14.7. The van der Waals surface area contributed by atoms with Crippen LogP contribution in [0.5, 0.6) is 0 Å². The standard InChI is InChI=1S/C20H22N2O3/c1-5-7-18(20(6-2)21-13-12-16(4)23)14-15(3)17-8-10-19(11-9-17)22(24)25/h5-14,21H,3H2,1-2,4H3/b7-5-,13-12+,18-14+,20-6-. The van der Waals surface area contributed by atoms with Gasteiger partial charge in [0.15, 0.2) is 5.78 Å². The number of carbonyl (C=O) groups excluding carboxylic acids is 1. The molecule has 1 rings (SSSR count). The van der Waals surface area contributed by atoms with Gasteiger partial charge in [-0.05, 0) is 61.8 Å². The first-order valence-corrected chi connectivity index (χ1v) is 7.77. The van der Waals surface area contributed by atoms with Crippen molar-refractivity contribution in [3.63, 3.8) is 0 Å². The monoisotopic (exact) mass is 338 g/mol. The van der Waals surface area contributed by atoms with Crippen LogP contribution >= 0.6 is 0 Å². The molecular weight excluding hydrogens is 316 g/mol. The van der Waals surface area contributed by atoms with Crippen LogP contribution in [0.4, 0.5) is 5.69 Å². The SMILES string of the molecule is C=C(/C=C(\C=C/C)C(=C/C)/N/C=C/C(C)=O)c1ccc([N+](=O)[O-])cc1. The summed E-state index contributed by atoms with van der Waals surface area (Å²) in [6, 6.07) is 6.24. The molecule has 5 nitrogen and oxygen atoms in total. The number of hydrogen-bond acceptors (Lipinski definition) is 4. The highest BCUT2D eigenvalue weighted by molar-refractivity contribution is 5.87. The van der Waals surface area contributed by atoms with Crippen LogP contribution in [-0.2, 0) is 4.79 Å². The van der Waals surface area contributed by atoms with Crippen LogP contribution in [0.1, 0.15) is 26.3 Å². The van der Waals surface area contributed by atoms with Gasteiger partial charge in [0.1, 0.15) is 0 Å². The number of nitro groups is 1. The van der Waals surface area contributed by atoms with E-state index in [9.17, 15) is 14.9 Å². The van der Waals surface area contributed by atoms with E-state index in [1.54, 1.807) is 18.3 Å². The summed E-state index contributed by atoms with van der Waals surface area (Å²) in [7, 11) is 0. The molecular formula is C20H22N2O3. The average Bonchev–Trinajstić information content (AvgIpc) is 2.58. The predicted molar refractivity (Wildman–Crippen MR) is 102 cm³/mol. The second kappa shape index (κ2) is 9.82. The quantitative estimate of drug-likeness (QED) is 0.322.